The van der Waals surface area contributed by atoms with Crippen molar-refractivity contribution in [2.24, 2.45) is 0 Å². The summed E-state index contributed by atoms with van der Waals surface area (Å²) in [4.78, 5) is 23.1. The molecule has 22 heavy (non-hydrogen) atoms. The highest BCUT2D eigenvalue weighted by molar-refractivity contribution is 6.32. The molecule has 114 valence electrons. The number of aryl methyl sites for hydroxylation is 1. The van der Waals surface area contributed by atoms with Crippen molar-refractivity contribution in [1.29, 1.82) is 0 Å². The molecule has 0 aromatic heterocycles. The van der Waals surface area contributed by atoms with Crippen molar-refractivity contribution < 1.29 is 19.1 Å². The van der Waals surface area contributed by atoms with Gasteiger partial charge in [-0.3, -0.25) is 4.79 Å². The first-order chi connectivity index (χ1) is 10.5. The van der Waals surface area contributed by atoms with Crippen LogP contribution in [0.4, 0.5) is 0 Å². The number of carbonyl (C=O) groups is 2. The van der Waals surface area contributed by atoms with Crippen molar-refractivity contribution in [3.8, 4) is 11.5 Å². The maximum absolute atomic E-state index is 12.2. The Bertz CT molecular complexity index is 710. The van der Waals surface area contributed by atoms with Crippen molar-refractivity contribution in [2.45, 2.75) is 13.8 Å². The molecule has 0 bridgehead atoms. The average Bonchev–Trinajstić information content (AvgIpc) is 2.50. The molecule has 2 rings (SSSR count). The highest BCUT2D eigenvalue weighted by Gasteiger charge is 2.17. The SMILES string of the molecule is CCOc1cc(C=O)cc(Cl)c1OC(=O)c1cccc(C)c1. The zero-order chi connectivity index (χ0) is 16.1. The largest absolute Gasteiger partial charge is 0.490 e. The van der Waals surface area contributed by atoms with Crippen LogP contribution in [0.25, 0.3) is 0 Å². The molecule has 0 saturated heterocycles. The van der Waals surface area contributed by atoms with E-state index in [1.165, 1.54) is 12.1 Å². The van der Waals surface area contributed by atoms with E-state index < -0.39 is 5.97 Å². The summed E-state index contributed by atoms with van der Waals surface area (Å²) < 4.78 is 10.8. The fraction of sp³-hybridized carbons (Fsp3) is 0.176. The van der Waals surface area contributed by atoms with Crippen molar-refractivity contribution >= 4 is 23.9 Å². The van der Waals surface area contributed by atoms with Gasteiger partial charge in [0.25, 0.3) is 0 Å². The molecule has 0 amide bonds. The molecule has 0 fully saturated rings. The minimum Gasteiger partial charge on any atom is -0.490 e. The number of ether oxygens (including phenoxy) is 2. The van der Waals surface area contributed by atoms with E-state index in [4.69, 9.17) is 21.1 Å². The molecule has 0 saturated carbocycles. The predicted molar refractivity (Wildman–Crippen MR) is 84.1 cm³/mol. The van der Waals surface area contributed by atoms with Gasteiger partial charge in [0.1, 0.15) is 6.29 Å². The van der Waals surface area contributed by atoms with Crippen LogP contribution in [0.15, 0.2) is 36.4 Å². The minimum absolute atomic E-state index is 0.112. The van der Waals surface area contributed by atoms with E-state index in [1.807, 2.05) is 13.0 Å². The number of halogens is 1. The monoisotopic (exact) mass is 318 g/mol. The van der Waals surface area contributed by atoms with Crippen molar-refractivity contribution in [2.75, 3.05) is 6.61 Å². The summed E-state index contributed by atoms with van der Waals surface area (Å²) in [6.45, 7) is 4.02. The molecule has 0 spiro atoms. The van der Waals surface area contributed by atoms with Gasteiger partial charge in [-0.1, -0.05) is 29.3 Å². The molecule has 4 nitrogen and oxygen atoms in total. The van der Waals surface area contributed by atoms with Crippen molar-refractivity contribution in [1.82, 2.24) is 0 Å². The molecular formula is C17H15ClO4. The molecule has 0 aliphatic carbocycles. The number of esters is 1. The summed E-state index contributed by atoms with van der Waals surface area (Å²) in [7, 11) is 0. The summed E-state index contributed by atoms with van der Waals surface area (Å²) in [5.41, 5.74) is 1.71. The van der Waals surface area contributed by atoms with Crippen molar-refractivity contribution in [3.63, 3.8) is 0 Å². The van der Waals surface area contributed by atoms with Crippen molar-refractivity contribution in [3.05, 3.63) is 58.1 Å². The second-order valence-electron chi connectivity index (χ2n) is 4.64. The van der Waals surface area contributed by atoms with Gasteiger partial charge in [0.15, 0.2) is 11.5 Å². The lowest BCUT2D eigenvalue weighted by Gasteiger charge is -2.13. The number of aldehydes is 1. The topological polar surface area (TPSA) is 52.6 Å². The molecule has 0 aliphatic heterocycles. The summed E-state index contributed by atoms with van der Waals surface area (Å²) in [6, 6.07) is 9.94. The first-order valence-electron chi connectivity index (χ1n) is 6.75. The highest BCUT2D eigenvalue weighted by atomic mass is 35.5. The highest BCUT2D eigenvalue weighted by Crippen LogP contribution is 2.36. The van der Waals surface area contributed by atoms with Gasteiger partial charge in [-0.25, -0.2) is 4.79 Å². The van der Waals surface area contributed by atoms with Crippen LogP contribution in [0, 0.1) is 6.92 Å². The molecule has 0 unspecified atom stereocenters. The lowest BCUT2D eigenvalue weighted by Crippen LogP contribution is -2.10. The summed E-state index contributed by atoms with van der Waals surface area (Å²) >= 11 is 6.10. The summed E-state index contributed by atoms with van der Waals surface area (Å²) in [5, 5.41) is 0.147. The molecule has 0 aliphatic rings. The maximum atomic E-state index is 12.2. The van der Waals surface area contributed by atoms with E-state index in [0.717, 1.165) is 5.56 Å². The van der Waals surface area contributed by atoms with E-state index in [9.17, 15) is 9.59 Å². The fourth-order valence-electron chi connectivity index (χ4n) is 1.94. The van der Waals surface area contributed by atoms with E-state index in [1.54, 1.807) is 25.1 Å². The lowest BCUT2D eigenvalue weighted by atomic mass is 10.1. The second kappa shape index (κ2) is 7.09. The maximum Gasteiger partial charge on any atom is 0.343 e. The molecule has 2 aromatic rings. The van der Waals surface area contributed by atoms with Gasteiger partial charge in [-0.15, -0.1) is 0 Å². The predicted octanol–water partition coefficient (Wildman–Crippen LogP) is 4.08. The molecule has 5 heteroatoms. The Balaban J connectivity index is 2.35. The van der Waals surface area contributed by atoms with Gasteiger partial charge < -0.3 is 9.47 Å². The van der Waals surface area contributed by atoms with E-state index >= 15 is 0 Å². The zero-order valence-corrected chi connectivity index (χ0v) is 13.0. The van der Waals surface area contributed by atoms with Crippen LogP contribution in [-0.4, -0.2) is 18.9 Å². The summed E-state index contributed by atoms with van der Waals surface area (Å²) in [5.74, 6) is -0.163. The number of benzene rings is 2. The Kier molecular flexibility index (Phi) is 5.17. The van der Waals surface area contributed by atoms with Gasteiger partial charge in [0.05, 0.1) is 17.2 Å². The molecule has 2 aromatic carbocycles. The van der Waals surface area contributed by atoms with Crippen LogP contribution in [0.5, 0.6) is 11.5 Å². The Morgan fingerprint density at radius 1 is 1.27 bits per heavy atom. The smallest absolute Gasteiger partial charge is 0.343 e. The Morgan fingerprint density at radius 2 is 2.05 bits per heavy atom. The van der Waals surface area contributed by atoms with Crippen LogP contribution in [0.1, 0.15) is 33.2 Å². The van der Waals surface area contributed by atoms with Crippen LogP contribution in [0.2, 0.25) is 5.02 Å². The van der Waals surface area contributed by atoms with E-state index in [-0.39, 0.29) is 16.5 Å². The van der Waals surface area contributed by atoms with E-state index in [0.29, 0.717) is 24.0 Å². The fourth-order valence-corrected chi connectivity index (χ4v) is 2.20. The molecule has 0 radical (unpaired) electrons. The zero-order valence-electron chi connectivity index (χ0n) is 12.3. The number of rotatable bonds is 5. The van der Waals surface area contributed by atoms with Crippen LogP contribution < -0.4 is 9.47 Å². The quantitative estimate of drug-likeness (QED) is 0.473. The van der Waals surface area contributed by atoms with Gasteiger partial charge >= 0.3 is 5.97 Å². The van der Waals surface area contributed by atoms with Crippen LogP contribution in [0.3, 0.4) is 0 Å². The lowest BCUT2D eigenvalue weighted by molar-refractivity contribution is 0.0728. The third kappa shape index (κ3) is 3.65. The normalized spacial score (nSPS) is 10.1. The third-order valence-corrected chi connectivity index (χ3v) is 3.20. The minimum atomic E-state index is -0.537. The molecular weight excluding hydrogens is 304 g/mol. The Labute approximate surface area is 133 Å². The van der Waals surface area contributed by atoms with Gasteiger partial charge in [0, 0.05) is 5.56 Å². The van der Waals surface area contributed by atoms with Gasteiger partial charge in [-0.2, -0.15) is 0 Å². The molecule has 0 atom stereocenters. The van der Waals surface area contributed by atoms with Gasteiger partial charge in [0.2, 0.25) is 0 Å². The Hall–Kier alpha value is -2.33. The van der Waals surface area contributed by atoms with Crippen LogP contribution >= 0.6 is 11.6 Å². The molecule has 0 N–H and O–H groups in total. The summed E-state index contributed by atoms with van der Waals surface area (Å²) in [6.07, 6.45) is 0.653. The first kappa shape index (κ1) is 16.0. The second-order valence-corrected chi connectivity index (χ2v) is 5.05. The Morgan fingerprint density at radius 3 is 2.68 bits per heavy atom. The third-order valence-electron chi connectivity index (χ3n) is 2.92. The van der Waals surface area contributed by atoms with Gasteiger partial charge in [-0.05, 0) is 38.1 Å². The average molecular weight is 319 g/mol. The standard InChI is InChI=1S/C17H15ClO4/c1-3-21-15-9-12(10-19)8-14(18)16(15)22-17(20)13-6-4-5-11(2)7-13/h4-10H,3H2,1-2H3. The first-order valence-corrected chi connectivity index (χ1v) is 7.13. The number of hydrogen-bond acceptors (Lipinski definition) is 4. The van der Waals surface area contributed by atoms with E-state index in [2.05, 4.69) is 0 Å². The number of carbonyl (C=O) groups excluding carboxylic acids is 2. The number of hydrogen-bond donors (Lipinski definition) is 0. The van der Waals surface area contributed by atoms with Crippen LogP contribution in [-0.2, 0) is 0 Å². The molecule has 0 heterocycles.